The minimum atomic E-state index is -4.20. The van der Waals surface area contributed by atoms with Crippen LogP contribution >= 0.6 is 0 Å². The molecular weight excluding hydrogens is 267 g/mol. The highest BCUT2D eigenvalue weighted by atomic mass is 19.4. The summed E-state index contributed by atoms with van der Waals surface area (Å²) in [5, 5.41) is 0. The Morgan fingerprint density at radius 1 is 1.25 bits per heavy atom. The fourth-order valence-electron chi connectivity index (χ4n) is 2.52. The van der Waals surface area contributed by atoms with E-state index >= 15 is 0 Å². The van der Waals surface area contributed by atoms with Crippen LogP contribution in [-0.2, 0) is 11.2 Å². The van der Waals surface area contributed by atoms with Gasteiger partial charge >= 0.3 is 6.18 Å². The standard InChI is InChI=1S/C15H18F3NO/c16-15(17,18)13-7-4-10-19(11-13)14(20)9-8-12-5-2-1-3-6-12/h1-3,5-6,13H,4,7-11H2/t13-/m0/s1. The maximum Gasteiger partial charge on any atom is 0.393 e. The lowest BCUT2D eigenvalue weighted by Gasteiger charge is -2.33. The molecule has 1 aromatic carbocycles. The first kappa shape index (κ1) is 14.9. The SMILES string of the molecule is O=C(CCc1ccccc1)N1CCC[C@H](C(F)(F)F)C1. The molecule has 1 atom stereocenters. The summed E-state index contributed by atoms with van der Waals surface area (Å²) in [7, 11) is 0. The number of amides is 1. The molecule has 0 aromatic heterocycles. The Labute approximate surface area is 116 Å². The van der Waals surface area contributed by atoms with Gasteiger partial charge in [-0.25, -0.2) is 0 Å². The van der Waals surface area contributed by atoms with Crippen molar-refractivity contribution in [3.8, 4) is 0 Å². The third kappa shape index (κ3) is 3.99. The molecule has 0 saturated carbocycles. The van der Waals surface area contributed by atoms with Crippen molar-refractivity contribution in [2.75, 3.05) is 13.1 Å². The number of nitrogens with zero attached hydrogens (tertiary/aromatic N) is 1. The van der Waals surface area contributed by atoms with Gasteiger partial charge in [-0.15, -0.1) is 0 Å². The van der Waals surface area contributed by atoms with Crippen LogP contribution in [0.5, 0.6) is 0 Å². The zero-order valence-electron chi connectivity index (χ0n) is 11.2. The van der Waals surface area contributed by atoms with E-state index in [1.165, 1.54) is 4.90 Å². The first-order valence-corrected chi connectivity index (χ1v) is 6.85. The molecule has 0 radical (unpaired) electrons. The third-order valence-electron chi connectivity index (χ3n) is 3.71. The van der Waals surface area contributed by atoms with Gasteiger partial charge in [0.15, 0.2) is 0 Å². The summed E-state index contributed by atoms with van der Waals surface area (Å²) in [5.74, 6) is -1.54. The van der Waals surface area contributed by atoms with E-state index in [4.69, 9.17) is 0 Å². The molecule has 1 heterocycles. The van der Waals surface area contributed by atoms with E-state index in [0.29, 0.717) is 19.4 Å². The van der Waals surface area contributed by atoms with Gasteiger partial charge in [0.25, 0.3) is 0 Å². The second kappa shape index (κ2) is 6.29. The maximum atomic E-state index is 12.7. The Hall–Kier alpha value is -1.52. The van der Waals surface area contributed by atoms with Crippen molar-refractivity contribution in [1.29, 1.82) is 0 Å². The van der Waals surface area contributed by atoms with Crippen molar-refractivity contribution in [3.63, 3.8) is 0 Å². The summed E-state index contributed by atoms with van der Waals surface area (Å²) in [4.78, 5) is 13.4. The molecule has 2 rings (SSSR count). The first-order chi connectivity index (χ1) is 9.47. The minimum absolute atomic E-state index is 0.131. The summed E-state index contributed by atoms with van der Waals surface area (Å²) >= 11 is 0. The van der Waals surface area contributed by atoms with Crippen LogP contribution in [-0.4, -0.2) is 30.1 Å². The topological polar surface area (TPSA) is 20.3 Å². The number of likely N-dealkylation sites (tertiary alicyclic amines) is 1. The zero-order valence-corrected chi connectivity index (χ0v) is 11.2. The molecule has 1 fully saturated rings. The lowest BCUT2D eigenvalue weighted by Crippen LogP contribution is -2.44. The first-order valence-electron chi connectivity index (χ1n) is 6.85. The summed E-state index contributed by atoms with van der Waals surface area (Å²) < 4.78 is 38.1. The molecule has 0 unspecified atom stereocenters. The number of aryl methyl sites for hydroxylation is 1. The molecular formula is C15H18F3NO. The van der Waals surface area contributed by atoms with Gasteiger partial charge in [-0.1, -0.05) is 30.3 Å². The van der Waals surface area contributed by atoms with Crippen LogP contribution in [0.15, 0.2) is 30.3 Å². The number of rotatable bonds is 3. The molecule has 5 heteroatoms. The van der Waals surface area contributed by atoms with E-state index in [2.05, 4.69) is 0 Å². The fraction of sp³-hybridized carbons (Fsp3) is 0.533. The molecule has 110 valence electrons. The molecule has 1 aliphatic rings. The number of halogens is 3. The number of alkyl halides is 3. The Balaban J connectivity index is 1.86. The van der Waals surface area contributed by atoms with E-state index in [0.717, 1.165) is 5.56 Å². The predicted molar refractivity (Wildman–Crippen MR) is 70.1 cm³/mol. The maximum absolute atomic E-state index is 12.7. The Morgan fingerprint density at radius 3 is 2.60 bits per heavy atom. The van der Waals surface area contributed by atoms with Crippen LogP contribution in [0.4, 0.5) is 13.2 Å². The van der Waals surface area contributed by atoms with Gasteiger partial charge in [-0.05, 0) is 24.8 Å². The number of carbonyl (C=O) groups is 1. The van der Waals surface area contributed by atoms with E-state index in [9.17, 15) is 18.0 Å². The van der Waals surface area contributed by atoms with E-state index in [1.54, 1.807) is 0 Å². The normalized spacial score (nSPS) is 19.9. The largest absolute Gasteiger partial charge is 0.393 e. The average Bonchev–Trinajstić information content (AvgIpc) is 2.45. The van der Waals surface area contributed by atoms with Gasteiger partial charge in [-0.2, -0.15) is 13.2 Å². The summed E-state index contributed by atoms with van der Waals surface area (Å²) in [6, 6.07) is 9.51. The van der Waals surface area contributed by atoms with Crippen molar-refractivity contribution in [1.82, 2.24) is 4.90 Å². The second-order valence-electron chi connectivity index (χ2n) is 5.21. The molecule has 1 aromatic rings. The molecule has 1 aliphatic heterocycles. The predicted octanol–water partition coefficient (Wildman–Crippen LogP) is 3.42. The van der Waals surface area contributed by atoms with Gasteiger partial charge in [0.1, 0.15) is 0 Å². The van der Waals surface area contributed by atoms with Gasteiger partial charge in [0.05, 0.1) is 5.92 Å². The van der Waals surface area contributed by atoms with Crippen LogP contribution in [0.1, 0.15) is 24.8 Å². The van der Waals surface area contributed by atoms with E-state index < -0.39 is 12.1 Å². The summed E-state index contributed by atoms with van der Waals surface area (Å²) in [5.41, 5.74) is 1.03. The molecule has 0 aliphatic carbocycles. The highest BCUT2D eigenvalue weighted by molar-refractivity contribution is 5.76. The number of benzene rings is 1. The Morgan fingerprint density at radius 2 is 1.95 bits per heavy atom. The monoisotopic (exact) mass is 285 g/mol. The minimum Gasteiger partial charge on any atom is -0.342 e. The smallest absolute Gasteiger partial charge is 0.342 e. The van der Waals surface area contributed by atoms with Gasteiger partial charge in [0.2, 0.25) is 5.91 Å². The van der Waals surface area contributed by atoms with Gasteiger partial charge in [0, 0.05) is 19.5 Å². The zero-order chi connectivity index (χ0) is 14.6. The second-order valence-corrected chi connectivity index (χ2v) is 5.21. The van der Waals surface area contributed by atoms with E-state index in [1.807, 2.05) is 30.3 Å². The number of piperidine rings is 1. The van der Waals surface area contributed by atoms with Crippen LogP contribution in [0.3, 0.4) is 0 Å². The lowest BCUT2D eigenvalue weighted by atomic mass is 9.97. The molecule has 1 amide bonds. The highest BCUT2D eigenvalue weighted by Crippen LogP contribution is 2.33. The van der Waals surface area contributed by atoms with Gasteiger partial charge < -0.3 is 4.90 Å². The van der Waals surface area contributed by atoms with Crippen LogP contribution < -0.4 is 0 Å². The highest BCUT2D eigenvalue weighted by Gasteiger charge is 2.42. The molecule has 20 heavy (non-hydrogen) atoms. The van der Waals surface area contributed by atoms with Crippen LogP contribution in [0.25, 0.3) is 0 Å². The number of carbonyl (C=O) groups excluding carboxylic acids is 1. The fourth-order valence-corrected chi connectivity index (χ4v) is 2.52. The summed E-state index contributed by atoms with van der Waals surface area (Å²) in [6.07, 6.45) is -2.78. The average molecular weight is 285 g/mol. The van der Waals surface area contributed by atoms with Crippen molar-refractivity contribution in [3.05, 3.63) is 35.9 Å². The van der Waals surface area contributed by atoms with E-state index in [-0.39, 0.29) is 25.3 Å². The molecule has 0 spiro atoms. The lowest BCUT2D eigenvalue weighted by molar-refractivity contribution is -0.188. The molecule has 2 nitrogen and oxygen atoms in total. The molecule has 0 bridgehead atoms. The van der Waals surface area contributed by atoms with Crippen molar-refractivity contribution < 1.29 is 18.0 Å². The van der Waals surface area contributed by atoms with Crippen molar-refractivity contribution >= 4 is 5.91 Å². The Kier molecular flexibility index (Phi) is 4.68. The quantitative estimate of drug-likeness (QED) is 0.833. The molecule has 0 N–H and O–H groups in total. The molecule has 1 saturated heterocycles. The van der Waals surface area contributed by atoms with Gasteiger partial charge in [-0.3, -0.25) is 4.79 Å². The Bertz CT molecular complexity index is 444. The van der Waals surface area contributed by atoms with Crippen LogP contribution in [0, 0.1) is 5.92 Å². The summed E-state index contributed by atoms with van der Waals surface area (Å²) in [6.45, 7) is 0.261. The number of hydrogen-bond donors (Lipinski definition) is 0. The van der Waals surface area contributed by atoms with Crippen LogP contribution in [0.2, 0.25) is 0 Å². The van der Waals surface area contributed by atoms with Crippen molar-refractivity contribution in [2.24, 2.45) is 5.92 Å². The third-order valence-corrected chi connectivity index (χ3v) is 3.71. The number of hydrogen-bond acceptors (Lipinski definition) is 1. The van der Waals surface area contributed by atoms with Crippen molar-refractivity contribution in [2.45, 2.75) is 31.9 Å².